The molecule has 0 saturated heterocycles. The molecule has 1 aromatic heterocycles. The Hall–Kier alpha value is -2.77. The molecule has 0 bridgehead atoms. The molecule has 2 aromatic carbocycles. The van der Waals surface area contributed by atoms with Gasteiger partial charge in [0.05, 0.1) is 10.8 Å². The molecule has 1 heterocycles. The van der Waals surface area contributed by atoms with E-state index in [9.17, 15) is 9.90 Å². The monoisotopic (exact) mass is 331 g/mol. The van der Waals surface area contributed by atoms with Gasteiger partial charge in [-0.2, -0.15) is 0 Å². The number of ether oxygens (including phenoxy) is 2. The van der Waals surface area contributed by atoms with E-state index in [2.05, 4.69) is 5.73 Å². The Morgan fingerprint density at radius 2 is 1.88 bits per heavy atom. The summed E-state index contributed by atoms with van der Waals surface area (Å²) in [4.78, 5) is 12.8. The Morgan fingerprint density at radius 3 is 2.62 bits per heavy atom. The molecule has 0 fully saturated rings. The standard InChI is InChI=1S/C17H18N2O5/c18-3-5-22-10-1-2-14-11(7-10)17(21)12-8-16(23-6-4-19)13(20)9-15(12)24-14/h1-2,7-9,20H,3-6,18-19H2/p+1. The van der Waals surface area contributed by atoms with E-state index in [4.69, 9.17) is 19.6 Å². The Labute approximate surface area is 137 Å². The minimum atomic E-state index is -0.219. The van der Waals surface area contributed by atoms with Crippen LogP contribution in [0, 0.1) is 0 Å². The van der Waals surface area contributed by atoms with Crippen molar-refractivity contribution in [3.63, 3.8) is 0 Å². The maximum absolute atomic E-state index is 12.8. The van der Waals surface area contributed by atoms with Crippen molar-refractivity contribution in [3.05, 3.63) is 40.6 Å². The van der Waals surface area contributed by atoms with Crippen molar-refractivity contribution in [2.75, 3.05) is 26.3 Å². The van der Waals surface area contributed by atoms with Crippen molar-refractivity contribution in [2.45, 2.75) is 0 Å². The Balaban J connectivity index is 2.16. The van der Waals surface area contributed by atoms with Gasteiger partial charge in [0.1, 0.15) is 36.7 Å². The van der Waals surface area contributed by atoms with Gasteiger partial charge in [0.25, 0.3) is 0 Å². The van der Waals surface area contributed by atoms with Crippen LogP contribution in [0.5, 0.6) is 17.2 Å². The van der Waals surface area contributed by atoms with Crippen LogP contribution >= 0.6 is 0 Å². The molecule has 24 heavy (non-hydrogen) atoms. The van der Waals surface area contributed by atoms with Gasteiger partial charge >= 0.3 is 0 Å². The molecule has 0 aliphatic carbocycles. The topological polar surface area (TPSA) is 123 Å². The van der Waals surface area contributed by atoms with Crippen molar-refractivity contribution >= 4 is 21.9 Å². The van der Waals surface area contributed by atoms with Gasteiger partial charge in [-0.25, -0.2) is 0 Å². The summed E-state index contributed by atoms with van der Waals surface area (Å²) in [5.41, 5.74) is 9.58. The van der Waals surface area contributed by atoms with Gasteiger partial charge in [-0.15, -0.1) is 0 Å². The van der Waals surface area contributed by atoms with E-state index in [1.54, 1.807) is 18.2 Å². The van der Waals surface area contributed by atoms with Crippen LogP contribution in [0.15, 0.2) is 39.5 Å². The van der Waals surface area contributed by atoms with E-state index in [1.807, 2.05) is 0 Å². The van der Waals surface area contributed by atoms with E-state index >= 15 is 0 Å². The zero-order chi connectivity index (χ0) is 17.1. The number of phenols is 1. The predicted octanol–water partition coefficient (Wildman–Crippen LogP) is 0.610. The summed E-state index contributed by atoms with van der Waals surface area (Å²) in [6.07, 6.45) is 0. The number of quaternary nitrogens is 1. The molecular formula is C17H19N2O5+. The summed E-state index contributed by atoms with van der Waals surface area (Å²) in [7, 11) is 0. The molecule has 0 spiro atoms. The van der Waals surface area contributed by atoms with Crippen molar-refractivity contribution in [3.8, 4) is 17.2 Å². The normalized spacial score (nSPS) is 11.1. The summed E-state index contributed by atoms with van der Waals surface area (Å²) >= 11 is 0. The third kappa shape index (κ3) is 2.99. The molecule has 0 saturated carbocycles. The van der Waals surface area contributed by atoms with Crippen LogP contribution in [0.4, 0.5) is 0 Å². The molecule has 0 aliphatic heterocycles. The molecule has 6 N–H and O–H groups in total. The average molecular weight is 331 g/mol. The smallest absolute Gasteiger partial charge is 0.200 e. The number of nitrogens with two attached hydrogens (primary N) is 1. The first-order valence-electron chi connectivity index (χ1n) is 7.62. The van der Waals surface area contributed by atoms with Crippen LogP contribution < -0.4 is 26.4 Å². The first-order valence-corrected chi connectivity index (χ1v) is 7.62. The number of benzene rings is 2. The van der Waals surface area contributed by atoms with E-state index in [0.717, 1.165) is 0 Å². The van der Waals surface area contributed by atoms with Gasteiger partial charge < -0.3 is 30.5 Å². The number of rotatable bonds is 6. The molecule has 0 radical (unpaired) electrons. The molecule has 7 nitrogen and oxygen atoms in total. The number of fused-ring (bicyclic) bond motifs is 2. The van der Waals surface area contributed by atoms with Crippen LogP contribution in [0.2, 0.25) is 0 Å². The molecule has 0 atom stereocenters. The number of phenolic OH excluding ortho intramolecular Hbond substituents is 1. The van der Waals surface area contributed by atoms with Crippen LogP contribution in [0.1, 0.15) is 0 Å². The maximum atomic E-state index is 12.8. The Bertz CT molecular complexity index is 936. The Morgan fingerprint density at radius 1 is 1.08 bits per heavy atom. The summed E-state index contributed by atoms with van der Waals surface area (Å²) in [6.45, 7) is 1.64. The first-order chi connectivity index (χ1) is 11.6. The average Bonchev–Trinajstić information content (AvgIpc) is 2.59. The van der Waals surface area contributed by atoms with E-state index in [1.165, 1.54) is 12.1 Å². The van der Waals surface area contributed by atoms with Gasteiger partial charge in [0.2, 0.25) is 5.43 Å². The van der Waals surface area contributed by atoms with E-state index < -0.39 is 0 Å². The van der Waals surface area contributed by atoms with Crippen molar-refractivity contribution in [2.24, 2.45) is 5.73 Å². The molecule has 0 amide bonds. The highest BCUT2D eigenvalue weighted by Gasteiger charge is 2.13. The van der Waals surface area contributed by atoms with Gasteiger partial charge in [-0.3, -0.25) is 4.79 Å². The van der Waals surface area contributed by atoms with Crippen molar-refractivity contribution in [1.29, 1.82) is 0 Å². The highest BCUT2D eigenvalue weighted by atomic mass is 16.5. The van der Waals surface area contributed by atoms with Crippen molar-refractivity contribution in [1.82, 2.24) is 0 Å². The lowest BCUT2D eigenvalue weighted by Crippen LogP contribution is -2.52. The lowest BCUT2D eigenvalue weighted by atomic mass is 10.1. The summed E-state index contributed by atoms with van der Waals surface area (Å²) in [6, 6.07) is 7.86. The number of hydrogen-bond donors (Lipinski definition) is 3. The summed E-state index contributed by atoms with van der Waals surface area (Å²) in [5.74, 6) is 0.696. The highest BCUT2D eigenvalue weighted by molar-refractivity contribution is 5.91. The second kappa shape index (κ2) is 6.77. The lowest BCUT2D eigenvalue weighted by Gasteiger charge is -2.09. The third-order valence-corrected chi connectivity index (χ3v) is 3.51. The summed E-state index contributed by atoms with van der Waals surface area (Å²) < 4.78 is 16.6. The molecule has 126 valence electrons. The molecule has 0 unspecified atom stereocenters. The minimum Gasteiger partial charge on any atom is -0.504 e. The lowest BCUT2D eigenvalue weighted by molar-refractivity contribution is -0.370. The predicted molar refractivity (Wildman–Crippen MR) is 89.5 cm³/mol. The quantitative estimate of drug-likeness (QED) is 0.569. The van der Waals surface area contributed by atoms with Gasteiger partial charge in [0.15, 0.2) is 11.5 Å². The minimum absolute atomic E-state index is 0.0821. The molecule has 3 aromatic rings. The van der Waals surface area contributed by atoms with Gasteiger partial charge in [-0.05, 0) is 24.3 Å². The molecule has 0 aliphatic rings. The Kier molecular flexibility index (Phi) is 4.54. The van der Waals surface area contributed by atoms with Crippen LogP contribution in [-0.4, -0.2) is 31.4 Å². The fraction of sp³-hybridized carbons (Fsp3) is 0.235. The fourth-order valence-electron chi connectivity index (χ4n) is 2.41. The largest absolute Gasteiger partial charge is 0.504 e. The zero-order valence-corrected chi connectivity index (χ0v) is 13.1. The SMILES string of the molecule is NCCOc1ccc2oc3cc(O)c(OCC[NH3+])cc3c(=O)c2c1. The number of hydrogen-bond acceptors (Lipinski definition) is 6. The molecule has 3 rings (SSSR count). The van der Waals surface area contributed by atoms with Crippen molar-refractivity contribution < 1.29 is 24.7 Å². The highest BCUT2D eigenvalue weighted by Crippen LogP contribution is 2.32. The van der Waals surface area contributed by atoms with E-state index in [-0.39, 0.29) is 16.9 Å². The number of aromatic hydroxyl groups is 1. The molecule has 7 heteroatoms. The second-order valence-corrected chi connectivity index (χ2v) is 5.24. The van der Waals surface area contributed by atoms with E-state index in [0.29, 0.717) is 54.0 Å². The van der Waals surface area contributed by atoms with Crippen LogP contribution in [-0.2, 0) is 0 Å². The zero-order valence-electron chi connectivity index (χ0n) is 13.1. The van der Waals surface area contributed by atoms with Crippen LogP contribution in [0.3, 0.4) is 0 Å². The van der Waals surface area contributed by atoms with Gasteiger partial charge in [0, 0.05) is 12.6 Å². The molecular weight excluding hydrogens is 312 g/mol. The summed E-state index contributed by atoms with van der Waals surface area (Å²) in [5, 5.41) is 10.7. The first kappa shape index (κ1) is 16.1. The van der Waals surface area contributed by atoms with Crippen LogP contribution in [0.25, 0.3) is 21.9 Å². The maximum Gasteiger partial charge on any atom is 0.200 e. The van der Waals surface area contributed by atoms with Gasteiger partial charge in [-0.1, -0.05) is 0 Å². The second-order valence-electron chi connectivity index (χ2n) is 5.24. The third-order valence-electron chi connectivity index (χ3n) is 3.51. The fourth-order valence-corrected chi connectivity index (χ4v) is 2.41.